The second-order valence-electron chi connectivity index (χ2n) is 2.68. The first kappa shape index (κ1) is 10.7. The quantitative estimate of drug-likeness (QED) is 0.493. The van der Waals surface area contributed by atoms with Gasteiger partial charge in [0.1, 0.15) is 5.82 Å². The molecule has 0 amide bonds. The lowest BCUT2D eigenvalue weighted by molar-refractivity contribution is 0.0995. The number of alkyl halides is 1. The molecule has 1 aromatic carbocycles. The molecule has 1 nitrogen and oxygen atoms in total. The van der Waals surface area contributed by atoms with Gasteiger partial charge in [-0.2, -0.15) is 0 Å². The second kappa shape index (κ2) is 4.24. The van der Waals surface area contributed by atoms with Gasteiger partial charge in [-0.15, -0.1) is 12.6 Å². The molecule has 1 unspecified atom stereocenters. The van der Waals surface area contributed by atoms with Crippen LogP contribution in [0, 0.1) is 5.82 Å². The minimum Gasteiger partial charge on any atom is -0.293 e. The van der Waals surface area contributed by atoms with Crippen LogP contribution in [0.25, 0.3) is 0 Å². The van der Waals surface area contributed by atoms with Gasteiger partial charge in [-0.1, -0.05) is 15.9 Å². The molecular formula is C9H8BrFOS. The maximum Gasteiger partial charge on any atom is 0.176 e. The van der Waals surface area contributed by atoms with Gasteiger partial charge in [0.2, 0.25) is 0 Å². The molecule has 0 aliphatic rings. The Kier molecular flexibility index (Phi) is 3.50. The lowest BCUT2D eigenvalue weighted by Gasteiger charge is -2.03. The van der Waals surface area contributed by atoms with Crippen molar-refractivity contribution in [1.29, 1.82) is 0 Å². The number of carbonyl (C=O) groups excluding carboxylic acids is 1. The molecule has 0 saturated carbocycles. The van der Waals surface area contributed by atoms with Crippen molar-refractivity contribution in [3.05, 3.63) is 29.6 Å². The van der Waals surface area contributed by atoms with Gasteiger partial charge in [-0.25, -0.2) is 4.39 Å². The number of thiol groups is 1. The summed E-state index contributed by atoms with van der Waals surface area (Å²) in [6.45, 7) is 1.70. The molecular weight excluding hydrogens is 255 g/mol. The van der Waals surface area contributed by atoms with E-state index in [0.29, 0.717) is 10.5 Å². The highest BCUT2D eigenvalue weighted by atomic mass is 79.9. The predicted molar refractivity (Wildman–Crippen MR) is 56.4 cm³/mol. The number of halogens is 2. The Morgan fingerprint density at radius 1 is 1.54 bits per heavy atom. The Balaban J connectivity index is 3.08. The van der Waals surface area contributed by atoms with Crippen molar-refractivity contribution < 1.29 is 9.18 Å². The minimum atomic E-state index is -0.441. The van der Waals surface area contributed by atoms with Crippen molar-refractivity contribution in [3.63, 3.8) is 0 Å². The van der Waals surface area contributed by atoms with Crippen LogP contribution in [0.15, 0.2) is 23.1 Å². The maximum absolute atomic E-state index is 12.8. The van der Waals surface area contributed by atoms with Crippen LogP contribution in [0.3, 0.4) is 0 Å². The van der Waals surface area contributed by atoms with Gasteiger partial charge < -0.3 is 0 Å². The van der Waals surface area contributed by atoms with Crippen molar-refractivity contribution in [1.82, 2.24) is 0 Å². The number of ketones is 1. The fraction of sp³-hybridized carbons (Fsp3) is 0.222. The van der Waals surface area contributed by atoms with Crippen LogP contribution < -0.4 is 0 Å². The lowest BCUT2D eigenvalue weighted by atomic mass is 10.1. The standard InChI is InChI=1S/C9H8BrFOS/c1-5(10)9(12)6-2-7(11)4-8(13)3-6/h2-5,13H,1H3. The highest BCUT2D eigenvalue weighted by Crippen LogP contribution is 2.16. The molecule has 0 N–H and O–H groups in total. The molecule has 70 valence electrons. The minimum absolute atomic E-state index is 0.144. The first-order chi connectivity index (χ1) is 6.00. The summed E-state index contributed by atoms with van der Waals surface area (Å²) >= 11 is 7.11. The number of benzene rings is 1. The molecule has 1 atom stereocenters. The monoisotopic (exact) mass is 262 g/mol. The van der Waals surface area contributed by atoms with E-state index >= 15 is 0 Å². The van der Waals surface area contributed by atoms with E-state index in [1.165, 1.54) is 12.1 Å². The summed E-state index contributed by atoms with van der Waals surface area (Å²) in [6, 6.07) is 4.02. The van der Waals surface area contributed by atoms with E-state index < -0.39 is 5.82 Å². The summed E-state index contributed by atoms with van der Waals surface area (Å²) in [7, 11) is 0. The zero-order valence-electron chi connectivity index (χ0n) is 6.92. The van der Waals surface area contributed by atoms with Crippen LogP contribution >= 0.6 is 28.6 Å². The summed E-state index contributed by atoms with van der Waals surface area (Å²) in [5, 5.41) is 0. The molecule has 0 aliphatic carbocycles. The molecule has 0 fully saturated rings. The Labute approximate surface area is 89.9 Å². The predicted octanol–water partition coefficient (Wildman–Crippen LogP) is 3.08. The lowest BCUT2D eigenvalue weighted by Crippen LogP contribution is -2.10. The van der Waals surface area contributed by atoms with Gasteiger partial charge in [0.15, 0.2) is 5.78 Å². The van der Waals surface area contributed by atoms with Crippen molar-refractivity contribution in [2.75, 3.05) is 0 Å². The van der Waals surface area contributed by atoms with Crippen LogP contribution in [0.1, 0.15) is 17.3 Å². The number of rotatable bonds is 2. The summed E-state index contributed by atoms with van der Waals surface area (Å²) in [6.07, 6.45) is 0. The summed E-state index contributed by atoms with van der Waals surface area (Å²) in [5.41, 5.74) is 0.342. The van der Waals surface area contributed by atoms with Gasteiger partial charge in [0, 0.05) is 10.5 Å². The normalized spacial score (nSPS) is 12.6. The van der Waals surface area contributed by atoms with Gasteiger partial charge >= 0.3 is 0 Å². The Morgan fingerprint density at radius 2 is 2.15 bits per heavy atom. The van der Waals surface area contributed by atoms with Crippen molar-refractivity contribution in [2.45, 2.75) is 16.6 Å². The smallest absolute Gasteiger partial charge is 0.176 e. The average Bonchev–Trinajstić information content (AvgIpc) is 2.01. The van der Waals surface area contributed by atoms with Gasteiger partial charge in [-0.05, 0) is 25.1 Å². The molecule has 4 heteroatoms. The third-order valence-corrected chi connectivity index (χ3v) is 2.20. The summed E-state index contributed by atoms with van der Waals surface area (Å²) in [4.78, 5) is 11.6. The Morgan fingerprint density at radius 3 is 2.62 bits per heavy atom. The van der Waals surface area contributed by atoms with Crippen molar-refractivity contribution in [2.24, 2.45) is 0 Å². The molecule has 1 rings (SSSR count). The molecule has 1 aromatic rings. The largest absolute Gasteiger partial charge is 0.293 e. The van der Waals surface area contributed by atoms with E-state index in [1.807, 2.05) is 0 Å². The van der Waals surface area contributed by atoms with Crippen LogP contribution in [0.2, 0.25) is 0 Å². The molecule has 0 bridgehead atoms. The topological polar surface area (TPSA) is 17.1 Å². The molecule has 0 spiro atoms. The Hall–Kier alpha value is -0.350. The fourth-order valence-electron chi connectivity index (χ4n) is 0.946. The van der Waals surface area contributed by atoms with E-state index in [2.05, 4.69) is 28.6 Å². The van der Waals surface area contributed by atoms with E-state index in [0.717, 1.165) is 0 Å². The SMILES string of the molecule is CC(Br)C(=O)c1cc(F)cc(S)c1. The van der Waals surface area contributed by atoms with E-state index in [9.17, 15) is 9.18 Å². The second-order valence-corrected chi connectivity index (χ2v) is 4.57. The van der Waals surface area contributed by atoms with Gasteiger partial charge in [0.25, 0.3) is 0 Å². The Bertz CT molecular complexity index is 318. The molecule has 0 radical (unpaired) electrons. The van der Waals surface area contributed by atoms with E-state index in [4.69, 9.17) is 0 Å². The highest BCUT2D eigenvalue weighted by Gasteiger charge is 2.12. The molecule has 0 aromatic heterocycles. The van der Waals surface area contributed by atoms with Gasteiger partial charge in [-0.3, -0.25) is 4.79 Å². The summed E-state index contributed by atoms with van der Waals surface area (Å²) in [5.74, 6) is -0.584. The number of hydrogen-bond acceptors (Lipinski definition) is 2. The molecule has 13 heavy (non-hydrogen) atoms. The van der Waals surface area contributed by atoms with E-state index in [-0.39, 0.29) is 10.6 Å². The molecule has 0 saturated heterocycles. The van der Waals surface area contributed by atoms with Crippen molar-refractivity contribution >= 4 is 34.3 Å². The number of Topliss-reactive ketones (excluding diaryl/α,β-unsaturated/α-hetero) is 1. The van der Waals surface area contributed by atoms with E-state index in [1.54, 1.807) is 13.0 Å². The van der Waals surface area contributed by atoms with Crippen LogP contribution in [0.4, 0.5) is 4.39 Å². The third kappa shape index (κ3) is 2.81. The average molecular weight is 263 g/mol. The third-order valence-electron chi connectivity index (χ3n) is 1.53. The molecule has 0 aliphatic heterocycles. The molecule has 0 heterocycles. The first-order valence-electron chi connectivity index (χ1n) is 3.68. The fourth-order valence-corrected chi connectivity index (χ4v) is 1.47. The van der Waals surface area contributed by atoms with Crippen LogP contribution in [-0.4, -0.2) is 10.6 Å². The van der Waals surface area contributed by atoms with Gasteiger partial charge in [0.05, 0.1) is 4.83 Å². The summed E-state index contributed by atoms with van der Waals surface area (Å²) < 4.78 is 12.8. The van der Waals surface area contributed by atoms with Crippen molar-refractivity contribution in [3.8, 4) is 0 Å². The number of carbonyl (C=O) groups is 1. The maximum atomic E-state index is 12.8. The zero-order chi connectivity index (χ0) is 10.0. The number of hydrogen-bond donors (Lipinski definition) is 1. The van der Waals surface area contributed by atoms with Crippen LogP contribution in [0.5, 0.6) is 0 Å². The van der Waals surface area contributed by atoms with Crippen LogP contribution in [-0.2, 0) is 0 Å². The highest BCUT2D eigenvalue weighted by molar-refractivity contribution is 9.10. The first-order valence-corrected chi connectivity index (χ1v) is 5.05. The zero-order valence-corrected chi connectivity index (χ0v) is 9.40.